The van der Waals surface area contributed by atoms with Crippen molar-refractivity contribution in [3.05, 3.63) is 53.9 Å². The molecule has 0 aliphatic carbocycles. The highest BCUT2D eigenvalue weighted by Crippen LogP contribution is 2.33. The van der Waals surface area contributed by atoms with Crippen molar-refractivity contribution < 1.29 is 9.59 Å². The maximum Gasteiger partial charge on any atom is 0.232 e. The highest BCUT2D eigenvalue weighted by atomic mass is 16.2. The molecule has 0 saturated heterocycles. The summed E-state index contributed by atoms with van der Waals surface area (Å²) in [4.78, 5) is 29.7. The molecule has 0 bridgehead atoms. The van der Waals surface area contributed by atoms with E-state index in [2.05, 4.69) is 15.2 Å². The summed E-state index contributed by atoms with van der Waals surface area (Å²) in [5.41, 5.74) is 4.32. The molecule has 1 aromatic heterocycles. The fourth-order valence-electron chi connectivity index (χ4n) is 4.30. The van der Waals surface area contributed by atoms with Gasteiger partial charge in [0, 0.05) is 30.8 Å². The molecule has 0 saturated carbocycles. The first-order valence-electron chi connectivity index (χ1n) is 9.88. The number of anilines is 2. The summed E-state index contributed by atoms with van der Waals surface area (Å²) in [7, 11) is 0. The maximum absolute atomic E-state index is 12.9. The van der Waals surface area contributed by atoms with Crippen LogP contribution in [0.4, 0.5) is 11.4 Å². The highest BCUT2D eigenvalue weighted by molar-refractivity contribution is 6.05. The molecule has 3 heterocycles. The highest BCUT2D eigenvalue weighted by Gasteiger charge is 2.30. The van der Waals surface area contributed by atoms with Crippen molar-refractivity contribution >= 4 is 34.2 Å². The number of amides is 2. The van der Waals surface area contributed by atoms with Crippen LogP contribution in [0.2, 0.25) is 0 Å². The van der Waals surface area contributed by atoms with E-state index >= 15 is 0 Å². The molecule has 2 aromatic carbocycles. The van der Waals surface area contributed by atoms with Gasteiger partial charge in [-0.2, -0.15) is 0 Å². The first-order chi connectivity index (χ1) is 13.7. The van der Waals surface area contributed by atoms with Crippen molar-refractivity contribution in [1.29, 1.82) is 0 Å². The van der Waals surface area contributed by atoms with Crippen LogP contribution >= 0.6 is 0 Å². The topological polar surface area (TPSA) is 76.0 Å². The molecule has 0 fully saturated rings. The molecule has 3 aromatic rings. The number of para-hydroxylation sites is 1. The van der Waals surface area contributed by atoms with E-state index in [9.17, 15) is 9.59 Å². The minimum absolute atomic E-state index is 0.132. The molecule has 2 aliphatic heterocycles. The Hall–Kier alpha value is -3.15. The van der Waals surface area contributed by atoms with Gasteiger partial charge in [0.2, 0.25) is 11.8 Å². The number of rotatable bonds is 2. The van der Waals surface area contributed by atoms with E-state index in [1.165, 1.54) is 19.3 Å². The standard InChI is InChI=1S/C22H22N4O2/c27-21-13-16(15-6-3-4-7-17(15)25-21)22(28)23-14-9-10-19-18(12-14)24-20-8-2-1-5-11-26(19)20/h3-4,6-7,9-10,12,16H,1-2,5,8,11,13H2,(H,23,28)(H,25,27)/t16-/m0/s1. The van der Waals surface area contributed by atoms with Crippen LogP contribution in [0.3, 0.4) is 0 Å². The Morgan fingerprint density at radius 3 is 2.96 bits per heavy atom. The predicted octanol–water partition coefficient (Wildman–Crippen LogP) is 3.83. The summed E-state index contributed by atoms with van der Waals surface area (Å²) in [6.45, 7) is 1.01. The molecular formula is C22H22N4O2. The minimum atomic E-state index is -0.487. The number of carbonyl (C=O) groups excluding carboxylic acids is 2. The second-order valence-corrected chi connectivity index (χ2v) is 7.58. The van der Waals surface area contributed by atoms with Gasteiger partial charge >= 0.3 is 0 Å². The average Bonchev–Trinajstić information content (AvgIpc) is 2.87. The molecule has 28 heavy (non-hydrogen) atoms. The van der Waals surface area contributed by atoms with Gasteiger partial charge < -0.3 is 15.2 Å². The van der Waals surface area contributed by atoms with Crippen molar-refractivity contribution in [2.75, 3.05) is 10.6 Å². The summed E-state index contributed by atoms with van der Waals surface area (Å²) in [5.74, 6) is 0.350. The van der Waals surface area contributed by atoms with Gasteiger partial charge in [-0.1, -0.05) is 24.6 Å². The van der Waals surface area contributed by atoms with E-state index in [0.717, 1.165) is 35.4 Å². The number of nitrogens with one attached hydrogen (secondary N) is 2. The Kier molecular flexibility index (Phi) is 4.11. The Balaban J connectivity index is 1.42. The minimum Gasteiger partial charge on any atom is -0.328 e. The Bertz CT molecular complexity index is 1090. The van der Waals surface area contributed by atoms with Crippen molar-refractivity contribution in [3.8, 4) is 0 Å². The molecule has 6 nitrogen and oxygen atoms in total. The number of fused-ring (bicyclic) bond motifs is 4. The quantitative estimate of drug-likeness (QED) is 0.716. The Labute approximate surface area is 163 Å². The van der Waals surface area contributed by atoms with Gasteiger partial charge in [0.25, 0.3) is 0 Å². The first kappa shape index (κ1) is 17.0. The third-order valence-corrected chi connectivity index (χ3v) is 5.69. The van der Waals surface area contributed by atoms with Crippen LogP contribution in [-0.4, -0.2) is 21.4 Å². The lowest BCUT2D eigenvalue weighted by atomic mass is 9.90. The van der Waals surface area contributed by atoms with Crippen LogP contribution < -0.4 is 10.6 Å². The van der Waals surface area contributed by atoms with Gasteiger partial charge in [0.15, 0.2) is 0 Å². The lowest BCUT2D eigenvalue weighted by Crippen LogP contribution is -2.30. The molecule has 0 spiro atoms. The zero-order valence-corrected chi connectivity index (χ0v) is 15.6. The third-order valence-electron chi connectivity index (χ3n) is 5.69. The molecule has 0 radical (unpaired) electrons. The summed E-state index contributed by atoms with van der Waals surface area (Å²) < 4.78 is 2.30. The first-order valence-corrected chi connectivity index (χ1v) is 9.88. The van der Waals surface area contributed by atoms with E-state index in [4.69, 9.17) is 4.98 Å². The molecule has 2 amide bonds. The van der Waals surface area contributed by atoms with Crippen molar-refractivity contribution in [2.24, 2.45) is 0 Å². The van der Waals surface area contributed by atoms with Gasteiger partial charge in [-0.25, -0.2) is 4.98 Å². The second-order valence-electron chi connectivity index (χ2n) is 7.58. The summed E-state index contributed by atoms with van der Waals surface area (Å²) in [5, 5.41) is 5.82. The van der Waals surface area contributed by atoms with Gasteiger partial charge in [-0.05, 0) is 42.7 Å². The third kappa shape index (κ3) is 2.95. The van der Waals surface area contributed by atoms with E-state index in [1.807, 2.05) is 42.5 Å². The summed E-state index contributed by atoms with van der Waals surface area (Å²) in [6.07, 6.45) is 4.76. The predicted molar refractivity (Wildman–Crippen MR) is 108 cm³/mol. The molecule has 5 rings (SSSR count). The number of hydrogen-bond donors (Lipinski definition) is 2. The monoisotopic (exact) mass is 374 g/mol. The van der Waals surface area contributed by atoms with Crippen LogP contribution in [0.5, 0.6) is 0 Å². The average molecular weight is 374 g/mol. The lowest BCUT2D eigenvalue weighted by Gasteiger charge is -2.24. The van der Waals surface area contributed by atoms with Gasteiger partial charge in [0.1, 0.15) is 5.82 Å². The molecule has 2 N–H and O–H groups in total. The second kappa shape index (κ2) is 6.78. The van der Waals surface area contributed by atoms with Gasteiger partial charge in [0.05, 0.1) is 17.0 Å². The summed E-state index contributed by atoms with van der Waals surface area (Å²) in [6, 6.07) is 13.4. The van der Waals surface area contributed by atoms with Gasteiger partial charge in [-0.15, -0.1) is 0 Å². The molecular weight excluding hydrogens is 352 g/mol. The normalized spacial score (nSPS) is 18.7. The Morgan fingerprint density at radius 2 is 2.04 bits per heavy atom. The van der Waals surface area contributed by atoms with Crippen molar-refractivity contribution in [1.82, 2.24) is 9.55 Å². The molecule has 1 atom stereocenters. The largest absolute Gasteiger partial charge is 0.328 e. The summed E-state index contributed by atoms with van der Waals surface area (Å²) >= 11 is 0. The SMILES string of the molecule is O=C1C[C@H](C(=O)Nc2ccc3c(c2)nc2n3CCCCC2)c2ccccc2N1. The number of imidazole rings is 1. The number of carbonyl (C=O) groups is 2. The van der Waals surface area contributed by atoms with Crippen molar-refractivity contribution in [3.63, 3.8) is 0 Å². The van der Waals surface area contributed by atoms with Crippen molar-refractivity contribution in [2.45, 2.75) is 44.6 Å². The number of hydrogen-bond acceptors (Lipinski definition) is 3. The number of aryl methyl sites for hydroxylation is 2. The number of aromatic nitrogens is 2. The van der Waals surface area contributed by atoms with Crippen LogP contribution in [0.25, 0.3) is 11.0 Å². The molecule has 2 aliphatic rings. The molecule has 6 heteroatoms. The van der Waals surface area contributed by atoms with Crippen LogP contribution in [0, 0.1) is 0 Å². The fourth-order valence-corrected chi connectivity index (χ4v) is 4.30. The van der Waals surface area contributed by atoms with E-state index in [1.54, 1.807) is 0 Å². The smallest absolute Gasteiger partial charge is 0.232 e. The molecule has 142 valence electrons. The van der Waals surface area contributed by atoms with E-state index < -0.39 is 5.92 Å². The maximum atomic E-state index is 12.9. The zero-order valence-electron chi connectivity index (χ0n) is 15.6. The number of benzene rings is 2. The fraction of sp³-hybridized carbons (Fsp3) is 0.318. The van der Waals surface area contributed by atoms with Crippen LogP contribution in [0.1, 0.15) is 43.0 Å². The van der Waals surface area contributed by atoms with E-state index in [0.29, 0.717) is 11.4 Å². The van der Waals surface area contributed by atoms with Crippen LogP contribution in [-0.2, 0) is 22.6 Å². The molecule has 0 unspecified atom stereocenters. The zero-order chi connectivity index (χ0) is 19.1. The van der Waals surface area contributed by atoms with Gasteiger partial charge in [-0.3, -0.25) is 9.59 Å². The number of nitrogens with zero attached hydrogens (tertiary/aromatic N) is 2. The lowest BCUT2D eigenvalue weighted by molar-refractivity contribution is -0.123. The van der Waals surface area contributed by atoms with Crippen LogP contribution in [0.15, 0.2) is 42.5 Å². The van der Waals surface area contributed by atoms with E-state index in [-0.39, 0.29) is 18.2 Å². The Morgan fingerprint density at radius 1 is 1.14 bits per heavy atom.